The van der Waals surface area contributed by atoms with Crippen molar-refractivity contribution in [3.63, 3.8) is 0 Å². The standard InChI is InChI=1S/C24H19N3O4/c25-11-18(24-26-19-6-1-2-7-20(19)27-24)21(28)13-31-23(29)10-16-12-30-22-9-15-5-3-4-14(15)8-17(16)22/h1-2,6-9,12,28H,3-5,10,13H2,(H,26,27)/b21-18+. The van der Waals surface area contributed by atoms with Crippen LogP contribution in [0.5, 0.6) is 0 Å². The Labute approximate surface area is 177 Å². The van der Waals surface area contributed by atoms with Gasteiger partial charge in [0, 0.05) is 10.9 Å². The van der Waals surface area contributed by atoms with Crippen molar-refractivity contribution >= 4 is 33.5 Å². The van der Waals surface area contributed by atoms with Gasteiger partial charge in [0.05, 0.1) is 23.7 Å². The normalized spacial score (nSPS) is 13.8. The van der Waals surface area contributed by atoms with E-state index in [1.54, 1.807) is 12.3 Å². The van der Waals surface area contributed by atoms with Crippen molar-refractivity contribution in [1.82, 2.24) is 9.97 Å². The van der Waals surface area contributed by atoms with E-state index in [2.05, 4.69) is 16.0 Å². The summed E-state index contributed by atoms with van der Waals surface area (Å²) >= 11 is 0. The number of esters is 1. The van der Waals surface area contributed by atoms with Crippen molar-refractivity contribution in [2.75, 3.05) is 6.61 Å². The fourth-order valence-corrected chi connectivity index (χ4v) is 4.04. The van der Waals surface area contributed by atoms with Crippen molar-refractivity contribution in [2.24, 2.45) is 0 Å². The van der Waals surface area contributed by atoms with Gasteiger partial charge >= 0.3 is 5.97 Å². The molecule has 0 fully saturated rings. The van der Waals surface area contributed by atoms with Crippen molar-refractivity contribution < 1.29 is 19.1 Å². The Bertz CT molecular complexity index is 1350. The minimum absolute atomic E-state index is 0.0194. The molecular formula is C24H19N3O4. The first kappa shape index (κ1) is 18.9. The molecule has 7 nitrogen and oxygen atoms in total. The molecule has 0 bridgehead atoms. The summed E-state index contributed by atoms with van der Waals surface area (Å²) in [6.45, 7) is -0.413. The molecule has 2 aromatic heterocycles. The molecule has 2 heterocycles. The smallest absolute Gasteiger partial charge is 0.310 e. The number of rotatable bonds is 5. The van der Waals surface area contributed by atoms with E-state index in [0.717, 1.165) is 41.3 Å². The number of aromatic nitrogens is 2. The average Bonchev–Trinajstić information content (AvgIpc) is 3.49. The Kier molecular flexibility index (Phi) is 4.68. The van der Waals surface area contributed by atoms with E-state index in [0.29, 0.717) is 5.52 Å². The average molecular weight is 413 g/mol. The molecule has 0 spiro atoms. The number of hydrogen-bond donors (Lipinski definition) is 2. The van der Waals surface area contributed by atoms with Gasteiger partial charge < -0.3 is 19.2 Å². The molecule has 7 heteroatoms. The summed E-state index contributed by atoms with van der Waals surface area (Å²) < 4.78 is 10.8. The Morgan fingerprint density at radius 3 is 2.87 bits per heavy atom. The molecule has 1 aliphatic rings. The highest BCUT2D eigenvalue weighted by Gasteiger charge is 2.18. The summed E-state index contributed by atoms with van der Waals surface area (Å²) in [6, 6.07) is 13.4. The Hall–Kier alpha value is -4.05. The molecular weight excluding hydrogens is 394 g/mol. The Morgan fingerprint density at radius 2 is 2.06 bits per heavy atom. The van der Waals surface area contributed by atoms with Gasteiger partial charge in [-0.15, -0.1) is 0 Å². The minimum Gasteiger partial charge on any atom is -0.507 e. The lowest BCUT2D eigenvalue weighted by molar-refractivity contribution is -0.142. The van der Waals surface area contributed by atoms with Crippen molar-refractivity contribution in [3.8, 4) is 6.07 Å². The van der Waals surface area contributed by atoms with Gasteiger partial charge in [-0.2, -0.15) is 5.26 Å². The summed E-state index contributed by atoms with van der Waals surface area (Å²) in [5.74, 6) is -0.645. The molecule has 5 rings (SSSR count). The van der Waals surface area contributed by atoms with E-state index in [-0.39, 0.29) is 23.6 Å². The molecule has 31 heavy (non-hydrogen) atoms. The number of para-hydroxylation sites is 2. The van der Waals surface area contributed by atoms with Crippen LogP contribution in [-0.4, -0.2) is 27.7 Å². The van der Waals surface area contributed by atoms with Crippen LogP contribution in [0.1, 0.15) is 28.9 Å². The maximum Gasteiger partial charge on any atom is 0.310 e. The third-order valence-corrected chi connectivity index (χ3v) is 5.60. The van der Waals surface area contributed by atoms with Gasteiger partial charge in [0.15, 0.2) is 11.6 Å². The number of nitriles is 1. The van der Waals surface area contributed by atoms with E-state index in [1.807, 2.05) is 30.3 Å². The maximum atomic E-state index is 12.4. The summed E-state index contributed by atoms with van der Waals surface area (Å²) in [4.78, 5) is 19.7. The number of hydrogen-bond acceptors (Lipinski definition) is 6. The topological polar surface area (TPSA) is 112 Å². The van der Waals surface area contributed by atoms with Gasteiger partial charge in [0.2, 0.25) is 0 Å². The number of benzene rings is 2. The third kappa shape index (κ3) is 3.53. The van der Waals surface area contributed by atoms with Gasteiger partial charge in [0.1, 0.15) is 23.8 Å². The van der Waals surface area contributed by atoms with Gasteiger partial charge in [-0.3, -0.25) is 4.79 Å². The second-order valence-corrected chi connectivity index (χ2v) is 7.61. The number of imidazole rings is 1. The maximum absolute atomic E-state index is 12.4. The van der Waals surface area contributed by atoms with Gasteiger partial charge in [-0.05, 0) is 54.7 Å². The van der Waals surface area contributed by atoms with Crippen molar-refractivity contribution in [1.29, 1.82) is 5.26 Å². The van der Waals surface area contributed by atoms with Crippen molar-refractivity contribution in [3.05, 3.63) is 70.9 Å². The number of aliphatic hydroxyl groups excluding tert-OH is 1. The van der Waals surface area contributed by atoms with Gasteiger partial charge in [-0.1, -0.05) is 12.1 Å². The molecule has 0 atom stereocenters. The molecule has 154 valence electrons. The first-order valence-electron chi connectivity index (χ1n) is 10.1. The second kappa shape index (κ2) is 7.65. The third-order valence-electron chi connectivity index (χ3n) is 5.60. The number of ether oxygens (including phenoxy) is 1. The number of carbonyl (C=O) groups is 1. The zero-order valence-corrected chi connectivity index (χ0v) is 16.6. The molecule has 4 aromatic rings. The lowest BCUT2D eigenvalue weighted by atomic mass is 10.0. The molecule has 0 saturated carbocycles. The first-order valence-corrected chi connectivity index (χ1v) is 10.1. The number of fused-ring (bicyclic) bond motifs is 3. The van der Waals surface area contributed by atoms with Gasteiger partial charge in [0.25, 0.3) is 0 Å². The number of furan rings is 1. The number of nitrogens with zero attached hydrogens (tertiary/aromatic N) is 2. The summed E-state index contributed by atoms with van der Waals surface area (Å²) in [6.07, 6.45) is 4.83. The fraction of sp³-hybridized carbons (Fsp3) is 0.208. The predicted octanol–water partition coefficient (Wildman–Crippen LogP) is 4.38. The number of nitrogens with one attached hydrogen (secondary N) is 1. The molecule has 1 aliphatic carbocycles. The van der Waals surface area contributed by atoms with E-state index in [9.17, 15) is 15.2 Å². The zero-order chi connectivity index (χ0) is 21.4. The highest BCUT2D eigenvalue weighted by molar-refractivity contribution is 5.87. The van der Waals surface area contributed by atoms with Crippen LogP contribution in [0.2, 0.25) is 0 Å². The van der Waals surface area contributed by atoms with Crippen LogP contribution >= 0.6 is 0 Å². The molecule has 0 amide bonds. The number of aliphatic hydroxyl groups is 1. The number of aromatic amines is 1. The van der Waals surface area contributed by atoms with Gasteiger partial charge in [-0.25, -0.2) is 4.98 Å². The van der Waals surface area contributed by atoms with E-state index in [4.69, 9.17) is 9.15 Å². The molecule has 0 radical (unpaired) electrons. The highest BCUT2D eigenvalue weighted by Crippen LogP contribution is 2.30. The Morgan fingerprint density at radius 1 is 1.26 bits per heavy atom. The van der Waals surface area contributed by atoms with Crippen LogP contribution in [0.15, 0.2) is 52.8 Å². The monoisotopic (exact) mass is 413 g/mol. The summed E-state index contributed by atoms with van der Waals surface area (Å²) in [5.41, 5.74) is 5.48. The van der Waals surface area contributed by atoms with E-state index in [1.165, 1.54) is 11.1 Å². The van der Waals surface area contributed by atoms with E-state index >= 15 is 0 Å². The van der Waals surface area contributed by atoms with Crippen LogP contribution in [0.25, 0.3) is 27.6 Å². The number of H-pyrrole nitrogens is 1. The lowest BCUT2D eigenvalue weighted by Crippen LogP contribution is -2.11. The molecule has 2 N–H and O–H groups in total. The first-order chi connectivity index (χ1) is 15.1. The summed E-state index contributed by atoms with van der Waals surface area (Å²) in [7, 11) is 0. The van der Waals surface area contributed by atoms with E-state index < -0.39 is 12.6 Å². The lowest BCUT2D eigenvalue weighted by Gasteiger charge is -2.05. The molecule has 0 saturated heterocycles. The van der Waals surface area contributed by atoms with Crippen LogP contribution in [-0.2, 0) is 28.8 Å². The number of carbonyl (C=O) groups excluding carboxylic acids is 1. The van der Waals surface area contributed by atoms with Crippen LogP contribution in [0, 0.1) is 11.3 Å². The second-order valence-electron chi connectivity index (χ2n) is 7.61. The molecule has 2 aromatic carbocycles. The largest absolute Gasteiger partial charge is 0.507 e. The summed E-state index contributed by atoms with van der Waals surface area (Å²) in [5, 5.41) is 20.7. The number of aryl methyl sites for hydroxylation is 2. The molecule has 0 unspecified atom stereocenters. The van der Waals surface area contributed by atoms with Crippen molar-refractivity contribution in [2.45, 2.75) is 25.7 Å². The molecule has 0 aliphatic heterocycles. The van der Waals surface area contributed by atoms with Crippen LogP contribution < -0.4 is 0 Å². The minimum atomic E-state index is -0.517. The van der Waals surface area contributed by atoms with Crippen LogP contribution in [0.4, 0.5) is 0 Å². The Balaban J connectivity index is 1.30. The van der Waals surface area contributed by atoms with Crippen LogP contribution in [0.3, 0.4) is 0 Å². The predicted molar refractivity (Wildman–Crippen MR) is 114 cm³/mol. The fourth-order valence-electron chi connectivity index (χ4n) is 4.04. The SMILES string of the molecule is N#C/C(=C(\O)COC(=O)Cc1coc2cc3c(cc12)CCC3)c1nc2ccccc2[nH]1. The zero-order valence-electron chi connectivity index (χ0n) is 16.6. The number of allylic oxidation sites excluding steroid dienone is 1. The highest BCUT2D eigenvalue weighted by atomic mass is 16.5. The quantitative estimate of drug-likeness (QED) is 0.285.